The zero-order valence-electron chi connectivity index (χ0n) is 6.67. The highest BCUT2D eigenvalue weighted by atomic mass is 19.4. The Hall–Kier alpha value is -1.81. The molecule has 0 aromatic carbocycles. The first-order valence-electron chi connectivity index (χ1n) is 3.34. The zero-order valence-corrected chi connectivity index (χ0v) is 6.67. The van der Waals surface area contributed by atoms with Gasteiger partial charge >= 0.3 is 6.18 Å². The molecule has 0 atom stereocenters. The van der Waals surface area contributed by atoms with E-state index in [1.165, 1.54) is 0 Å². The fourth-order valence-corrected chi connectivity index (χ4v) is 0.773. The molecule has 1 aromatic heterocycles. The van der Waals surface area contributed by atoms with Crippen LogP contribution >= 0.6 is 0 Å². The van der Waals surface area contributed by atoms with Crippen molar-refractivity contribution in [1.29, 1.82) is 5.26 Å². The van der Waals surface area contributed by atoms with Gasteiger partial charge in [-0.05, 0) is 12.1 Å². The van der Waals surface area contributed by atoms with Crippen molar-refractivity contribution < 1.29 is 18.0 Å². The average Bonchev–Trinajstić information content (AvgIpc) is 2.15. The number of halogens is 3. The van der Waals surface area contributed by atoms with E-state index in [9.17, 15) is 13.2 Å². The molecular formula is C7H4F3N3O. The summed E-state index contributed by atoms with van der Waals surface area (Å²) in [5, 5.41) is 8.44. The number of pyridine rings is 1. The molecule has 74 valence electrons. The topological polar surface area (TPSA) is 71.9 Å². The van der Waals surface area contributed by atoms with E-state index in [-0.39, 0.29) is 5.56 Å². The van der Waals surface area contributed by atoms with Gasteiger partial charge < -0.3 is 4.84 Å². The Bertz CT molecular complexity index is 383. The molecule has 1 aromatic rings. The monoisotopic (exact) mass is 203 g/mol. The lowest BCUT2D eigenvalue weighted by atomic mass is 10.2. The van der Waals surface area contributed by atoms with Crippen LogP contribution in [0.3, 0.4) is 0 Å². The van der Waals surface area contributed by atoms with Gasteiger partial charge in [0.05, 0.1) is 0 Å². The number of alkyl halides is 3. The number of rotatable bonds is 1. The van der Waals surface area contributed by atoms with Gasteiger partial charge in [-0.15, -0.1) is 0 Å². The van der Waals surface area contributed by atoms with Gasteiger partial charge in [0, 0.05) is 0 Å². The van der Waals surface area contributed by atoms with E-state index in [0.717, 1.165) is 6.07 Å². The fraction of sp³-hybridized carbons (Fsp3) is 0.143. The maximum absolute atomic E-state index is 12.1. The molecule has 0 spiro atoms. The number of nitriles is 1. The van der Waals surface area contributed by atoms with E-state index >= 15 is 0 Å². The van der Waals surface area contributed by atoms with Crippen LogP contribution in [0.25, 0.3) is 0 Å². The molecular weight excluding hydrogens is 199 g/mol. The third-order valence-corrected chi connectivity index (χ3v) is 1.38. The van der Waals surface area contributed by atoms with Crippen LogP contribution in [0.4, 0.5) is 13.2 Å². The van der Waals surface area contributed by atoms with E-state index in [1.54, 1.807) is 6.07 Å². The molecule has 0 bridgehead atoms. The standard InChI is InChI=1S/C7H4F3N3O/c8-7(9,10)5-2-1-4(3-11)6(13-5)14-12/h1-2H,12H2. The lowest BCUT2D eigenvalue weighted by molar-refractivity contribution is -0.141. The summed E-state index contributed by atoms with van der Waals surface area (Å²) in [4.78, 5) is 7.08. The highest BCUT2D eigenvalue weighted by molar-refractivity contribution is 5.38. The maximum Gasteiger partial charge on any atom is 0.433 e. The van der Waals surface area contributed by atoms with Gasteiger partial charge in [0.15, 0.2) is 0 Å². The van der Waals surface area contributed by atoms with Gasteiger partial charge in [-0.3, -0.25) is 0 Å². The molecule has 0 fully saturated rings. The van der Waals surface area contributed by atoms with E-state index in [1.807, 2.05) is 0 Å². The Morgan fingerprint density at radius 2 is 2.07 bits per heavy atom. The third-order valence-electron chi connectivity index (χ3n) is 1.38. The Morgan fingerprint density at radius 3 is 2.50 bits per heavy atom. The van der Waals surface area contributed by atoms with Crippen LogP contribution in [-0.2, 0) is 6.18 Å². The maximum atomic E-state index is 12.1. The smallest absolute Gasteiger partial charge is 0.390 e. The highest BCUT2D eigenvalue weighted by Gasteiger charge is 2.33. The highest BCUT2D eigenvalue weighted by Crippen LogP contribution is 2.29. The molecule has 0 aliphatic heterocycles. The van der Waals surface area contributed by atoms with Crippen LogP contribution in [0.5, 0.6) is 5.88 Å². The molecule has 0 saturated heterocycles. The first-order chi connectivity index (χ1) is 6.49. The van der Waals surface area contributed by atoms with Crippen molar-refractivity contribution >= 4 is 0 Å². The Labute approximate surface area is 76.7 Å². The number of nitrogens with two attached hydrogens (primary N) is 1. The van der Waals surface area contributed by atoms with Crippen molar-refractivity contribution in [2.45, 2.75) is 6.18 Å². The lowest BCUT2D eigenvalue weighted by Crippen LogP contribution is -2.12. The van der Waals surface area contributed by atoms with Crippen LogP contribution in [0.1, 0.15) is 11.3 Å². The van der Waals surface area contributed by atoms with Crippen molar-refractivity contribution in [3.05, 3.63) is 23.4 Å². The summed E-state index contributed by atoms with van der Waals surface area (Å²) >= 11 is 0. The summed E-state index contributed by atoms with van der Waals surface area (Å²) in [6, 6.07) is 3.21. The molecule has 2 N–H and O–H groups in total. The minimum atomic E-state index is -4.58. The van der Waals surface area contributed by atoms with E-state index < -0.39 is 17.8 Å². The van der Waals surface area contributed by atoms with Gasteiger partial charge in [0.1, 0.15) is 17.3 Å². The van der Waals surface area contributed by atoms with Gasteiger partial charge in [0.2, 0.25) is 0 Å². The first kappa shape index (κ1) is 10.3. The molecule has 1 rings (SSSR count). The molecule has 7 heteroatoms. The van der Waals surface area contributed by atoms with Crippen molar-refractivity contribution in [2.75, 3.05) is 0 Å². The van der Waals surface area contributed by atoms with Crippen LogP contribution in [0.15, 0.2) is 12.1 Å². The number of hydrogen-bond acceptors (Lipinski definition) is 4. The Balaban J connectivity index is 3.23. The van der Waals surface area contributed by atoms with Crippen LogP contribution < -0.4 is 10.7 Å². The molecule has 0 aliphatic rings. The van der Waals surface area contributed by atoms with Gasteiger partial charge in [-0.25, -0.2) is 4.98 Å². The molecule has 0 unspecified atom stereocenters. The number of nitrogens with zero attached hydrogens (tertiary/aromatic N) is 2. The second-order valence-corrected chi connectivity index (χ2v) is 2.28. The predicted octanol–water partition coefficient (Wildman–Crippen LogP) is 1.22. The Kier molecular flexibility index (Phi) is 2.58. The normalized spacial score (nSPS) is 10.8. The average molecular weight is 203 g/mol. The second-order valence-electron chi connectivity index (χ2n) is 2.28. The molecule has 1 heterocycles. The quantitative estimate of drug-likeness (QED) is 0.696. The Morgan fingerprint density at radius 1 is 1.43 bits per heavy atom. The van der Waals surface area contributed by atoms with E-state index in [4.69, 9.17) is 5.26 Å². The summed E-state index contributed by atoms with van der Waals surface area (Å²) in [6.45, 7) is 0. The molecule has 4 nitrogen and oxygen atoms in total. The molecule has 0 aliphatic carbocycles. The zero-order chi connectivity index (χ0) is 10.8. The SMILES string of the molecule is N#Cc1ccc(C(F)(F)F)nc1ON. The summed E-state index contributed by atoms with van der Waals surface area (Å²) in [7, 11) is 0. The van der Waals surface area contributed by atoms with Crippen molar-refractivity contribution in [3.63, 3.8) is 0 Å². The molecule has 0 saturated carbocycles. The van der Waals surface area contributed by atoms with E-state index in [0.29, 0.717) is 6.07 Å². The lowest BCUT2D eigenvalue weighted by Gasteiger charge is -2.07. The van der Waals surface area contributed by atoms with Gasteiger partial charge in [-0.1, -0.05) is 0 Å². The molecule has 0 amide bonds. The van der Waals surface area contributed by atoms with Crippen LogP contribution in [-0.4, -0.2) is 4.98 Å². The summed E-state index contributed by atoms with van der Waals surface area (Å²) in [5.41, 5.74) is -1.31. The van der Waals surface area contributed by atoms with Crippen molar-refractivity contribution in [3.8, 4) is 11.9 Å². The van der Waals surface area contributed by atoms with Crippen LogP contribution in [0, 0.1) is 11.3 Å². The summed E-state index contributed by atoms with van der Waals surface area (Å²) < 4.78 is 36.3. The van der Waals surface area contributed by atoms with E-state index in [2.05, 4.69) is 15.7 Å². The predicted molar refractivity (Wildman–Crippen MR) is 38.8 cm³/mol. The van der Waals surface area contributed by atoms with Crippen LogP contribution in [0.2, 0.25) is 0 Å². The minimum absolute atomic E-state index is 0.152. The van der Waals surface area contributed by atoms with Crippen molar-refractivity contribution in [1.82, 2.24) is 4.98 Å². The summed E-state index contributed by atoms with van der Waals surface area (Å²) in [5.74, 6) is 4.12. The van der Waals surface area contributed by atoms with Gasteiger partial charge in [0.25, 0.3) is 5.88 Å². The second kappa shape index (κ2) is 3.51. The largest absolute Gasteiger partial charge is 0.433 e. The number of aromatic nitrogens is 1. The molecule has 14 heavy (non-hydrogen) atoms. The number of hydrogen-bond donors (Lipinski definition) is 1. The van der Waals surface area contributed by atoms with Gasteiger partial charge in [-0.2, -0.15) is 24.3 Å². The first-order valence-corrected chi connectivity index (χ1v) is 3.34. The fourth-order valence-electron chi connectivity index (χ4n) is 0.773. The third kappa shape index (κ3) is 1.92. The minimum Gasteiger partial charge on any atom is -0.390 e. The summed E-state index contributed by atoms with van der Waals surface area (Å²) in [6.07, 6.45) is -4.58. The van der Waals surface area contributed by atoms with Crippen molar-refractivity contribution in [2.24, 2.45) is 5.90 Å². The molecule has 0 radical (unpaired) electrons.